The Morgan fingerprint density at radius 1 is 1.29 bits per heavy atom. The van der Waals surface area contributed by atoms with Gasteiger partial charge in [0.05, 0.1) is 25.2 Å². The number of carbonyl (C=O) groups is 1. The fraction of sp³-hybridized carbons (Fsp3) is 0.467. The van der Waals surface area contributed by atoms with E-state index in [2.05, 4.69) is 0 Å². The zero-order chi connectivity index (χ0) is 15.4. The van der Waals surface area contributed by atoms with E-state index in [1.165, 1.54) is 0 Å². The second-order valence-electron chi connectivity index (χ2n) is 4.98. The lowest BCUT2D eigenvalue weighted by Crippen LogP contribution is -2.49. The monoisotopic (exact) mass is 308 g/mol. The Labute approximate surface area is 130 Å². The molecular weight excluding hydrogens is 288 g/mol. The maximum absolute atomic E-state index is 12.7. The Morgan fingerprint density at radius 2 is 2.00 bits per heavy atom. The number of methoxy groups -OCH3 is 2. The van der Waals surface area contributed by atoms with Crippen LogP contribution < -0.4 is 15.2 Å². The van der Waals surface area contributed by atoms with Crippen molar-refractivity contribution >= 4 is 23.1 Å². The van der Waals surface area contributed by atoms with Crippen LogP contribution in [0, 0.1) is 0 Å². The van der Waals surface area contributed by atoms with Crippen LogP contribution in [0.25, 0.3) is 0 Å². The van der Waals surface area contributed by atoms with Gasteiger partial charge in [-0.15, -0.1) is 0 Å². The molecule has 2 rings (SSSR count). The summed E-state index contributed by atoms with van der Waals surface area (Å²) in [6, 6.07) is 4.99. The molecule has 1 fully saturated rings. The zero-order valence-corrected chi connectivity index (χ0v) is 13.1. The van der Waals surface area contributed by atoms with Crippen molar-refractivity contribution in [2.45, 2.75) is 25.3 Å². The molecule has 114 valence electrons. The Morgan fingerprint density at radius 3 is 2.62 bits per heavy atom. The number of nitrogens with two attached hydrogens (primary N) is 1. The van der Waals surface area contributed by atoms with Crippen LogP contribution in [0.1, 0.15) is 29.6 Å². The number of ether oxygens (including phenoxy) is 2. The Kier molecular flexibility index (Phi) is 5.01. The predicted octanol–water partition coefficient (Wildman–Crippen LogP) is 1.98. The molecule has 1 saturated heterocycles. The Bertz CT molecular complexity index is 548. The molecule has 1 aliphatic heterocycles. The second-order valence-corrected chi connectivity index (χ2v) is 5.45. The van der Waals surface area contributed by atoms with Gasteiger partial charge in [0.1, 0.15) is 0 Å². The predicted molar refractivity (Wildman–Crippen MR) is 85.0 cm³/mol. The van der Waals surface area contributed by atoms with E-state index in [9.17, 15) is 4.79 Å². The molecule has 1 aromatic rings. The number of amides is 1. The van der Waals surface area contributed by atoms with E-state index in [0.717, 1.165) is 19.3 Å². The standard InChI is InChI=1S/C15H20N2O3S/c1-19-12-7-6-10(9-13(12)20-2)15(18)17-8-4-3-5-11(17)14(16)21/h6-7,9,11H,3-5,8H2,1-2H3,(H2,16,21). The highest BCUT2D eigenvalue weighted by molar-refractivity contribution is 7.80. The van der Waals surface area contributed by atoms with Crippen molar-refractivity contribution in [2.75, 3.05) is 20.8 Å². The second kappa shape index (κ2) is 6.76. The van der Waals surface area contributed by atoms with Gasteiger partial charge in [-0.05, 0) is 37.5 Å². The lowest BCUT2D eigenvalue weighted by atomic mass is 10.0. The van der Waals surface area contributed by atoms with Gasteiger partial charge in [-0.3, -0.25) is 4.79 Å². The topological polar surface area (TPSA) is 64.8 Å². The summed E-state index contributed by atoms with van der Waals surface area (Å²) in [5.41, 5.74) is 6.32. The molecule has 0 radical (unpaired) electrons. The molecule has 0 saturated carbocycles. The first-order chi connectivity index (χ1) is 10.1. The van der Waals surface area contributed by atoms with E-state index in [1.54, 1.807) is 37.3 Å². The molecule has 1 aliphatic rings. The number of piperidine rings is 1. The fourth-order valence-electron chi connectivity index (χ4n) is 2.61. The van der Waals surface area contributed by atoms with Crippen LogP contribution in [0.3, 0.4) is 0 Å². The van der Waals surface area contributed by atoms with Crippen molar-refractivity contribution < 1.29 is 14.3 Å². The first kappa shape index (κ1) is 15.6. The van der Waals surface area contributed by atoms with E-state index in [-0.39, 0.29) is 11.9 Å². The molecule has 0 bridgehead atoms. The molecule has 0 spiro atoms. The zero-order valence-electron chi connectivity index (χ0n) is 12.3. The van der Waals surface area contributed by atoms with Crippen molar-refractivity contribution in [1.29, 1.82) is 0 Å². The highest BCUT2D eigenvalue weighted by atomic mass is 32.1. The number of thiocarbonyl (C=S) groups is 1. The van der Waals surface area contributed by atoms with Gasteiger partial charge in [0.25, 0.3) is 5.91 Å². The molecule has 1 atom stereocenters. The van der Waals surface area contributed by atoms with Crippen LogP contribution in [0.5, 0.6) is 11.5 Å². The average molecular weight is 308 g/mol. The van der Waals surface area contributed by atoms with Crippen LogP contribution in [0.15, 0.2) is 18.2 Å². The molecule has 5 nitrogen and oxygen atoms in total. The first-order valence-corrected chi connectivity index (χ1v) is 7.31. The van der Waals surface area contributed by atoms with Crippen molar-refractivity contribution in [1.82, 2.24) is 4.90 Å². The van der Waals surface area contributed by atoms with Gasteiger partial charge >= 0.3 is 0 Å². The van der Waals surface area contributed by atoms with Crippen molar-refractivity contribution in [2.24, 2.45) is 5.73 Å². The van der Waals surface area contributed by atoms with Gasteiger partial charge in [0.15, 0.2) is 11.5 Å². The smallest absolute Gasteiger partial charge is 0.254 e. The number of likely N-dealkylation sites (tertiary alicyclic amines) is 1. The molecule has 0 aromatic heterocycles. The van der Waals surface area contributed by atoms with Gasteiger partial charge in [-0.2, -0.15) is 0 Å². The Balaban J connectivity index is 2.28. The first-order valence-electron chi connectivity index (χ1n) is 6.90. The molecule has 21 heavy (non-hydrogen) atoms. The van der Waals surface area contributed by atoms with E-state index in [4.69, 9.17) is 27.4 Å². The van der Waals surface area contributed by atoms with Crippen molar-refractivity contribution in [3.05, 3.63) is 23.8 Å². The highest BCUT2D eigenvalue weighted by Gasteiger charge is 2.29. The largest absolute Gasteiger partial charge is 0.493 e. The number of benzene rings is 1. The SMILES string of the molecule is COc1ccc(C(=O)N2CCCCC2C(N)=S)cc1OC. The Hall–Kier alpha value is -1.82. The van der Waals surface area contributed by atoms with Crippen LogP contribution in [-0.4, -0.2) is 42.6 Å². The van der Waals surface area contributed by atoms with Gasteiger partial charge < -0.3 is 20.1 Å². The minimum absolute atomic E-state index is 0.0755. The van der Waals surface area contributed by atoms with Gasteiger partial charge in [0, 0.05) is 12.1 Å². The maximum atomic E-state index is 12.7. The van der Waals surface area contributed by atoms with E-state index < -0.39 is 0 Å². The van der Waals surface area contributed by atoms with Crippen LogP contribution >= 0.6 is 12.2 Å². The summed E-state index contributed by atoms with van der Waals surface area (Å²) in [5.74, 6) is 1.05. The average Bonchev–Trinajstić information content (AvgIpc) is 2.53. The van der Waals surface area contributed by atoms with E-state index in [0.29, 0.717) is 28.6 Å². The minimum Gasteiger partial charge on any atom is -0.493 e. The third-order valence-corrected chi connectivity index (χ3v) is 3.99. The van der Waals surface area contributed by atoms with E-state index >= 15 is 0 Å². The van der Waals surface area contributed by atoms with Crippen LogP contribution in [-0.2, 0) is 0 Å². The quantitative estimate of drug-likeness (QED) is 0.862. The normalized spacial score (nSPS) is 18.2. The summed E-state index contributed by atoms with van der Waals surface area (Å²) in [6.45, 7) is 0.676. The third-order valence-electron chi connectivity index (χ3n) is 3.72. The van der Waals surface area contributed by atoms with Crippen LogP contribution in [0.4, 0.5) is 0 Å². The summed E-state index contributed by atoms with van der Waals surface area (Å²) in [7, 11) is 3.11. The number of rotatable bonds is 4. The van der Waals surface area contributed by atoms with Crippen LogP contribution in [0.2, 0.25) is 0 Å². The molecule has 1 aromatic carbocycles. The third kappa shape index (κ3) is 3.26. The molecule has 1 heterocycles. The summed E-state index contributed by atoms with van der Waals surface area (Å²) >= 11 is 5.09. The summed E-state index contributed by atoms with van der Waals surface area (Å²) in [5, 5.41) is 0. The number of hydrogen-bond donors (Lipinski definition) is 1. The molecule has 2 N–H and O–H groups in total. The fourth-order valence-corrected chi connectivity index (χ4v) is 2.85. The summed E-state index contributed by atoms with van der Waals surface area (Å²) in [6.07, 6.45) is 2.84. The highest BCUT2D eigenvalue weighted by Crippen LogP contribution is 2.29. The van der Waals surface area contributed by atoms with E-state index in [1.807, 2.05) is 0 Å². The molecule has 1 amide bonds. The summed E-state index contributed by atoms with van der Waals surface area (Å²) in [4.78, 5) is 14.8. The van der Waals surface area contributed by atoms with Gasteiger partial charge in [-0.1, -0.05) is 12.2 Å². The number of carbonyl (C=O) groups excluding carboxylic acids is 1. The lowest BCUT2D eigenvalue weighted by Gasteiger charge is -2.35. The number of hydrogen-bond acceptors (Lipinski definition) is 4. The molecule has 1 unspecified atom stereocenters. The maximum Gasteiger partial charge on any atom is 0.254 e. The molecular formula is C15H20N2O3S. The molecule has 6 heteroatoms. The summed E-state index contributed by atoms with van der Waals surface area (Å²) < 4.78 is 10.4. The lowest BCUT2D eigenvalue weighted by molar-refractivity contribution is 0.0681. The number of nitrogens with zero attached hydrogens (tertiary/aromatic N) is 1. The van der Waals surface area contributed by atoms with Crippen molar-refractivity contribution in [3.63, 3.8) is 0 Å². The molecule has 0 aliphatic carbocycles. The van der Waals surface area contributed by atoms with Gasteiger partial charge in [-0.25, -0.2) is 0 Å². The van der Waals surface area contributed by atoms with Gasteiger partial charge in [0.2, 0.25) is 0 Å². The van der Waals surface area contributed by atoms with Crippen molar-refractivity contribution in [3.8, 4) is 11.5 Å². The minimum atomic E-state index is -0.158.